The number of benzene rings is 3. The van der Waals surface area contributed by atoms with Crippen LogP contribution in [0, 0.1) is 11.3 Å². The van der Waals surface area contributed by atoms with Gasteiger partial charge in [0.2, 0.25) is 15.9 Å². The molecule has 44 heavy (non-hydrogen) atoms. The number of nitrogens with zero attached hydrogens (tertiary/aromatic N) is 1. The number of unbranched alkanes of at least 4 members (excludes halogenated alkanes) is 1. The van der Waals surface area contributed by atoms with E-state index in [-0.39, 0.29) is 29.6 Å². The summed E-state index contributed by atoms with van der Waals surface area (Å²) < 4.78 is 36.2. The summed E-state index contributed by atoms with van der Waals surface area (Å²) in [6.07, 6.45) is 1.33. The minimum absolute atomic E-state index is 0.0378. The van der Waals surface area contributed by atoms with Crippen LogP contribution in [0.1, 0.15) is 48.9 Å². The van der Waals surface area contributed by atoms with Crippen molar-refractivity contribution in [3.8, 4) is 0 Å². The number of hydrogen-bond acceptors (Lipinski definition) is 8. The predicted octanol–water partition coefficient (Wildman–Crippen LogP) is 4.94. The van der Waals surface area contributed by atoms with Gasteiger partial charge in [0.05, 0.1) is 33.7 Å². The van der Waals surface area contributed by atoms with Crippen molar-refractivity contribution in [1.29, 1.82) is 5.41 Å². The van der Waals surface area contributed by atoms with Crippen LogP contribution in [0.25, 0.3) is 10.2 Å². The summed E-state index contributed by atoms with van der Waals surface area (Å²) in [4.78, 5) is 29.2. The highest BCUT2D eigenvalue weighted by Crippen LogP contribution is 2.30. The molecule has 1 heterocycles. The first-order valence-electron chi connectivity index (χ1n) is 14.2. The Bertz CT molecular complexity index is 1710. The predicted molar refractivity (Wildman–Crippen MR) is 172 cm³/mol. The number of thiazole rings is 1. The number of rotatable bonds is 14. The molecule has 0 aliphatic heterocycles. The Morgan fingerprint density at radius 2 is 1.84 bits per heavy atom. The smallest absolute Gasteiger partial charge is 0.407 e. The highest BCUT2D eigenvalue weighted by molar-refractivity contribution is 7.89. The Morgan fingerprint density at radius 3 is 2.59 bits per heavy atom. The number of anilines is 1. The topological polar surface area (TPSA) is 176 Å². The van der Waals surface area contributed by atoms with Crippen LogP contribution >= 0.6 is 11.3 Å². The molecule has 2 amide bonds. The molecule has 13 heteroatoms. The van der Waals surface area contributed by atoms with Gasteiger partial charge < -0.3 is 21.1 Å². The minimum atomic E-state index is -4.08. The SMILES string of the molecule is CCCCOC(=O)NC[C@@H](C)C(=O)Nc1cccc(S(=O)(=O)NC(Cc2cccc(C(=N)N)c2)c2nc3ccccc3s2)c1. The molecule has 0 saturated carbocycles. The highest BCUT2D eigenvalue weighted by atomic mass is 32.2. The van der Waals surface area contributed by atoms with Gasteiger partial charge >= 0.3 is 6.09 Å². The Balaban J connectivity index is 1.51. The Labute approximate surface area is 260 Å². The Morgan fingerprint density at radius 1 is 1.07 bits per heavy atom. The number of hydrogen-bond donors (Lipinski definition) is 5. The number of amides is 2. The van der Waals surface area contributed by atoms with Crippen LogP contribution in [0.5, 0.6) is 0 Å². The number of nitrogens with one attached hydrogen (secondary N) is 4. The average molecular weight is 637 g/mol. The fourth-order valence-corrected chi connectivity index (χ4v) is 6.61. The molecule has 0 aliphatic carbocycles. The summed E-state index contributed by atoms with van der Waals surface area (Å²) >= 11 is 1.40. The van der Waals surface area contributed by atoms with Gasteiger partial charge in [-0.25, -0.2) is 22.9 Å². The van der Waals surface area contributed by atoms with E-state index in [2.05, 4.69) is 15.4 Å². The lowest BCUT2D eigenvalue weighted by Crippen LogP contribution is -2.34. The maximum Gasteiger partial charge on any atom is 0.407 e. The molecule has 0 radical (unpaired) electrons. The van der Waals surface area contributed by atoms with Gasteiger partial charge in [-0.15, -0.1) is 11.3 Å². The zero-order valence-electron chi connectivity index (χ0n) is 24.5. The summed E-state index contributed by atoms with van der Waals surface area (Å²) in [7, 11) is -4.08. The normalized spacial score (nSPS) is 12.8. The quantitative estimate of drug-likeness (QED) is 0.0739. The van der Waals surface area contributed by atoms with Crippen molar-refractivity contribution in [3.05, 3.63) is 88.9 Å². The molecule has 0 bridgehead atoms. The molecule has 1 unspecified atom stereocenters. The molecule has 4 rings (SSSR count). The van der Waals surface area contributed by atoms with Gasteiger partial charge in [0.1, 0.15) is 10.8 Å². The molecule has 2 atom stereocenters. The van der Waals surface area contributed by atoms with Crippen LogP contribution in [-0.4, -0.2) is 44.4 Å². The number of amidine groups is 1. The van der Waals surface area contributed by atoms with Gasteiger partial charge in [0.15, 0.2) is 0 Å². The van der Waals surface area contributed by atoms with Crippen molar-refractivity contribution >= 4 is 55.1 Å². The van der Waals surface area contributed by atoms with Crippen molar-refractivity contribution in [2.75, 3.05) is 18.5 Å². The van der Waals surface area contributed by atoms with Crippen LogP contribution in [0.2, 0.25) is 0 Å². The van der Waals surface area contributed by atoms with Gasteiger partial charge in [0.25, 0.3) is 0 Å². The first-order chi connectivity index (χ1) is 21.1. The maximum absolute atomic E-state index is 13.7. The first-order valence-corrected chi connectivity index (χ1v) is 16.5. The van der Waals surface area contributed by atoms with E-state index in [1.54, 1.807) is 37.3 Å². The number of nitrogens with two attached hydrogens (primary N) is 1. The zero-order chi connectivity index (χ0) is 31.7. The lowest BCUT2D eigenvalue weighted by Gasteiger charge is -2.18. The van der Waals surface area contributed by atoms with E-state index in [0.717, 1.165) is 28.6 Å². The van der Waals surface area contributed by atoms with E-state index in [4.69, 9.17) is 20.9 Å². The van der Waals surface area contributed by atoms with Crippen molar-refractivity contribution in [1.82, 2.24) is 15.0 Å². The molecule has 0 saturated heterocycles. The maximum atomic E-state index is 13.7. The second-order valence-electron chi connectivity index (χ2n) is 10.3. The zero-order valence-corrected chi connectivity index (χ0v) is 26.1. The highest BCUT2D eigenvalue weighted by Gasteiger charge is 2.25. The average Bonchev–Trinajstić information content (AvgIpc) is 3.44. The standard InChI is InChI=1S/C31H36N6O5S2/c1-3-4-15-42-31(39)34-19-20(2)29(38)35-23-11-8-12-24(18-23)44(40,41)37-26(17-21-9-7-10-22(16-21)28(32)33)30-36-25-13-5-6-14-27(25)43-30/h5-14,16,18,20,26,37H,3-4,15,17,19H2,1-2H3,(H3,32,33)(H,34,39)(H,35,38)/t20-,26?/m1/s1. The number of carbonyl (C=O) groups is 2. The van der Waals surface area contributed by atoms with Crippen LogP contribution in [0.4, 0.5) is 10.5 Å². The van der Waals surface area contributed by atoms with Crippen LogP contribution in [0.15, 0.2) is 77.7 Å². The third-order valence-electron chi connectivity index (χ3n) is 6.73. The van der Waals surface area contributed by atoms with Gasteiger partial charge in [0, 0.05) is 17.8 Å². The van der Waals surface area contributed by atoms with Crippen LogP contribution < -0.4 is 21.1 Å². The lowest BCUT2D eigenvalue weighted by molar-refractivity contribution is -0.119. The largest absolute Gasteiger partial charge is 0.450 e. The molecule has 3 aromatic carbocycles. The number of carbonyl (C=O) groups excluding carboxylic acids is 2. The minimum Gasteiger partial charge on any atom is -0.450 e. The molecular weight excluding hydrogens is 601 g/mol. The number of nitrogen functional groups attached to an aromatic ring is 1. The third-order valence-corrected chi connectivity index (χ3v) is 9.35. The summed E-state index contributed by atoms with van der Waals surface area (Å²) in [5.41, 5.74) is 8.05. The van der Waals surface area contributed by atoms with Crippen LogP contribution in [-0.2, 0) is 26.0 Å². The van der Waals surface area contributed by atoms with Crippen LogP contribution in [0.3, 0.4) is 0 Å². The summed E-state index contributed by atoms with van der Waals surface area (Å²) in [6.45, 7) is 4.00. The second kappa shape index (κ2) is 14.9. The molecule has 6 N–H and O–H groups in total. The molecule has 11 nitrogen and oxygen atoms in total. The van der Waals surface area contributed by atoms with Crippen molar-refractivity contribution in [3.63, 3.8) is 0 Å². The summed E-state index contributed by atoms with van der Waals surface area (Å²) in [5, 5.41) is 13.7. The Kier molecular flexibility index (Phi) is 11.0. The van der Waals surface area contributed by atoms with Crippen molar-refractivity contribution in [2.24, 2.45) is 11.7 Å². The molecule has 0 spiro atoms. The fraction of sp³-hybridized carbons (Fsp3) is 0.290. The van der Waals surface area contributed by atoms with Gasteiger partial charge in [-0.05, 0) is 54.8 Å². The molecule has 0 aliphatic rings. The first kappa shape index (κ1) is 32.6. The molecular formula is C31H36N6O5S2. The van der Waals surface area contributed by atoms with Gasteiger partial charge in [-0.2, -0.15) is 0 Å². The fourth-order valence-electron chi connectivity index (χ4n) is 4.27. The number of sulfonamides is 1. The number of aromatic nitrogens is 1. The second-order valence-corrected chi connectivity index (χ2v) is 13.1. The van der Waals surface area contributed by atoms with Gasteiger partial charge in [-0.1, -0.05) is 56.7 Å². The van der Waals surface area contributed by atoms with E-state index >= 15 is 0 Å². The molecule has 1 aromatic heterocycles. The number of para-hydroxylation sites is 1. The number of ether oxygens (including phenoxy) is 1. The number of fused-ring (bicyclic) bond motifs is 1. The van der Waals surface area contributed by atoms with Crippen molar-refractivity contribution in [2.45, 2.75) is 44.0 Å². The van der Waals surface area contributed by atoms with Crippen molar-refractivity contribution < 1.29 is 22.7 Å². The van der Waals surface area contributed by atoms with E-state index in [1.165, 1.54) is 23.5 Å². The molecule has 0 fully saturated rings. The van der Waals surface area contributed by atoms with E-state index < -0.39 is 28.1 Å². The monoisotopic (exact) mass is 636 g/mol. The summed E-state index contributed by atoms with van der Waals surface area (Å²) in [5.74, 6) is -1.07. The Hall–Kier alpha value is -4.33. The van der Waals surface area contributed by atoms with Gasteiger partial charge in [-0.3, -0.25) is 10.2 Å². The van der Waals surface area contributed by atoms with E-state index in [1.807, 2.05) is 37.3 Å². The third kappa shape index (κ3) is 8.85. The van der Waals surface area contributed by atoms with E-state index in [0.29, 0.717) is 22.9 Å². The molecule has 232 valence electrons. The number of alkyl carbamates (subject to hydrolysis) is 1. The molecule has 4 aromatic rings. The summed E-state index contributed by atoms with van der Waals surface area (Å²) in [6, 6.07) is 19.9. The lowest BCUT2D eigenvalue weighted by atomic mass is 10.0. The van der Waals surface area contributed by atoms with E-state index in [9.17, 15) is 18.0 Å².